The molecule has 174 valence electrons. The number of hydrogen-bond donors (Lipinski definition) is 1. The minimum absolute atomic E-state index is 0.0712. The number of nitrogens with zero attached hydrogens (tertiary/aromatic N) is 2. The number of piperazine rings is 1. The van der Waals surface area contributed by atoms with Gasteiger partial charge >= 0.3 is 6.18 Å². The largest absolute Gasteiger partial charge is 0.416 e. The number of halogens is 3. The number of carbonyl (C=O) groups excluding carboxylic acids is 1. The summed E-state index contributed by atoms with van der Waals surface area (Å²) in [5.41, 5.74) is -0.286. The Morgan fingerprint density at radius 3 is 2.39 bits per heavy atom. The maximum atomic E-state index is 12.9. The van der Waals surface area contributed by atoms with E-state index in [1.54, 1.807) is 11.0 Å². The highest BCUT2D eigenvalue weighted by Crippen LogP contribution is 2.32. The van der Waals surface area contributed by atoms with Crippen molar-refractivity contribution in [3.05, 3.63) is 29.8 Å². The Balaban J connectivity index is 1.44. The second-order valence-corrected chi connectivity index (χ2v) is 10.4. The second-order valence-electron chi connectivity index (χ2n) is 8.31. The lowest BCUT2D eigenvalue weighted by Gasteiger charge is -2.35. The number of amides is 1. The van der Waals surface area contributed by atoms with E-state index in [1.807, 2.05) is 0 Å². The van der Waals surface area contributed by atoms with E-state index in [2.05, 4.69) is 5.32 Å². The van der Waals surface area contributed by atoms with Crippen molar-refractivity contribution < 1.29 is 26.4 Å². The van der Waals surface area contributed by atoms with Crippen LogP contribution in [0.4, 0.5) is 18.9 Å². The predicted molar refractivity (Wildman–Crippen MR) is 113 cm³/mol. The number of sulfonamides is 1. The van der Waals surface area contributed by atoms with Gasteiger partial charge in [-0.1, -0.05) is 25.3 Å². The van der Waals surface area contributed by atoms with E-state index >= 15 is 0 Å². The van der Waals surface area contributed by atoms with E-state index in [0.717, 1.165) is 37.8 Å². The predicted octanol–water partition coefficient (Wildman–Crippen LogP) is 3.24. The van der Waals surface area contributed by atoms with Crippen LogP contribution in [0.2, 0.25) is 0 Å². The summed E-state index contributed by atoms with van der Waals surface area (Å²) in [5, 5.41) is 2.72. The molecule has 1 saturated carbocycles. The number of rotatable bonds is 7. The molecular weight excluding hydrogens is 431 g/mol. The summed E-state index contributed by atoms with van der Waals surface area (Å²) in [4.78, 5) is 13.8. The topological polar surface area (TPSA) is 69.7 Å². The molecule has 1 aliphatic carbocycles. The van der Waals surface area contributed by atoms with Gasteiger partial charge in [-0.3, -0.25) is 4.79 Å². The van der Waals surface area contributed by atoms with Crippen LogP contribution >= 0.6 is 0 Å². The molecule has 0 unspecified atom stereocenters. The zero-order valence-corrected chi connectivity index (χ0v) is 18.3. The number of nitrogens with one attached hydrogen (secondary N) is 1. The summed E-state index contributed by atoms with van der Waals surface area (Å²) in [6.45, 7) is 1.11. The van der Waals surface area contributed by atoms with Crippen molar-refractivity contribution >= 4 is 21.6 Å². The summed E-state index contributed by atoms with van der Waals surface area (Å²) in [6.07, 6.45) is 1.68. The van der Waals surface area contributed by atoms with Crippen LogP contribution in [0.25, 0.3) is 0 Å². The number of carbonyl (C=O) groups is 1. The lowest BCUT2D eigenvalue weighted by Crippen LogP contribution is -2.50. The molecule has 1 N–H and O–H groups in total. The van der Waals surface area contributed by atoms with E-state index in [-0.39, 0.29) is 31.3 Å². The Labute approximate surface area is 181 Å². The molecule has 0 atom stereocenters. The summed E-state index contributed by atoms with van der Waals surface area (Å²) in [6, 6.07) is 5.07. The third-order valence-corrected chi connectivity index (χ3v) is 7.92. The van der Waals surface area contributed by atoms with Crippen LogP contribution < -0.4 is 10.2 Å². The molecule has 0 radical (unpaired) electrons. The van der Waals surface area contributed by atoms with Crippen molar-refractivity contribution in [3.63, 3.8) is 0 Å². The maximum absolute atomic E-state index is 12.9. The fourth-order valence-corrected chi connectivity index (χ4v) is 5.62. The smallest absolute Gasteiger partial charge is 0.369 e. The first-order valence-electron chi connectivity index (χ1n) is 10.8. The molecular formula is C21H30F3N3O3S. The zero-order chi connectivity index (χ0) is 22.5. The summed E-state index contributed by atoms with van der Waals surface area (Å²) in [5.74, 6) is 0.123. The monoisotopic (exact) mass is 461 g/mol. The minimum atomic E-state index is -4.41. The van der Waals surface area contributed by atoms with Gasteiger partial charge in [0.1, 0.15) is 0 Å². The molecule has 1 saturated heterocycles. The Kier molecular flexibility index (Phi) is 7.85. The van der Waals surface area contributed by atoms with E-state index < -0.39 is 21.8 Å². The highest BCUT2D eigenvalue weighted by Gasteiger charge is 2.32. The highest BCUT2D eigenvalue weighted by molar-refractivity contribution is 7.89. The highest BCUT2D eigenvalue weighted by atomic mass is 32.2. The number of anilines is 1. The van der Waals surface area contributed by atoms with Gasteiger partial charge in [-0.05, 0) is 37.0 Å². The standard InChI is InChI=1S/C21H30F3N3O3S/c22-21(23,24)18-7-4-8-19(16-18)26-10-12-27(13-11-26)31(29,30)14-9-25-20(28)15-17-5-2-1-3-6-17/h4,7-8,16-17H,1-3,5-6,9-15H2,(H,25,28). The van der Waals surface area contributed by atoms with Gasteiger partial charge in [-0.2, -0.15) is 17.5 Å². The van der Waals surface area contributed by atoms with Gasteiger partial charge in [0.05, 0.1) is 11.3 Å². The Morgan fingerprint density at radius 1 is 1.06 bits per heavy atom. The molecule has 6 nitrogen and oxygen atoms in total. The quantitative estimate of drug-likeness (QED) is 0.677. The third kappa shape index (κ3) is 6.83. The molecule has 1 aromatic carbocycles. The van der Waals surface area contributed by atoms with Gasteiger partial charge in [0.25, 0.3) is 0 Å². The first-order valence-corrected chi connectivity index (χ1v) is 12.4. The van der Waals surface area contributed by atoms with E-state index in [1.165, 1.54) is 16.8 Å². The Hall–Kier alpha value is -1.81. The first kappa shape index (κ1) is 23.8. The molecule has 3 rings (SSSR count). The van der Waals surface area contributed by atoms with Crippen LogP contribution in [0.3, 0.4) is 0 Å². The summed E-state index contributed by atoms with van der Waals surface area (Å²) in [7, 11) is -3.54. The first-order chi connectivity index (χ1) is 14.6. The summed E-state index contributed by atoms with van der Waals surface area (Å²) < 4.78 is 65.3. The van der Waals surface area contributed by atoms with Crippen LogP contribution in [0.1, 0.15) is 44.1 Å². The van der Waals surface area contributed by atoms with Crippen LogP contribution in [-0.2, 0) is 21.0 Å². The molecule has 1 amide bonds. The van der Waals surface area contributed by atoms with Gasteiger partial charge in [0.2, 0.25) is 15.9 Å². The average Bonchev–Trinajstić information content (AvgIpc) is 2.74. The SMILES string of the molecule is O=C(CC1CCCCC1)NCCS(=O)(=O)N1CCN(c2cccc(C(F)(F)F)c2)CC1. The number of hydrogen-bond acceptors (Lipinski definition) is 4. The van der Waals surface area contributed by atoms with Crippen LogP contribution in [0.15, 0.2) is 24.3 Å². The molecule has 0 bridgehead atoms. The minimum Gasteiger partial charge on any atom is -0.369 e. The Morgan fingerprint density at radius 2 is 1.74 bits per heavy atom. The molecule has 0 aromatic heterocycles. The maximum Gasteiger partial charge on any atom is 0.416 e. The van der Waals surface area contributed by atoms with Gasteiger partial charge in [-0.25, -0.2) is 8.42 Å². The third-order valence-electron chi connectivity index (χ3n) is 6.05. The molecule has 2 aliphatic rings. The van der Waals surface area contributed by atoms with Gasteiger partial charge in [0.15, 0.2) is 0 Å². The van der Waals surface area contributed by atoms with Gasteiger partial charge in [0, 0.05) is 44.8 Å². The summed E-state index contributed by atoms with van der Waals surface area (Å²) >= 11 is 0. The van der Waals surface area contributed by atoms with Crippen molar-refractivity contribution in [2.24, 2.45) is 5.92 Å². The second kappa shape index (κ2) is 10.2. The van der Waals surface area contributed by atoms with Gasteiger partial charge < -0.3 is 10.2 Å². The Bertz CT molecular complexity index is 847. The zero-order valence-electron chi connectivity index (χ0n) is 17.5. The van der Waals surface area contributed by atoms with Crippen molar-refractivity contribution in [1.29, 1.82) is 0 Å². The number of benzene rings is 1. The molecule has 31 heavy (non-hydrogen) atoms. The van der Waals surface area contributed by atoms with Crippen molar-refractivity contribution in [2.75, 3.05) is 43.4 Å². The van der Waals surface area contributed by atoms with Crippen molar-refractivity contribution in [1.82, 2.24) is 9.62 Å². The number of alkyl halides is 3. The van der Waals surface area contributed by atoms with E-state index in [4.69, 9.17) is 0 Å². The van der Waals surface area contributed by atoms with E-state index in [0.29, 0.717) is 31.1 Å². The normalized spacial score (nSPS) is 19.4. The van der Waals surface area contributed by atoms with Gasteiger partial charge in [-0.15, -0.1) is 0 Å². The van der Waals surface area contributed by atoms with Crippen LogP contribution in [-0.4, -0.2) is 57.1 Å². The van der Waals surface area contributed by atoms with E-state index in [9.17, 15) is 26.4 Å². The molecule has 1 aromatic rings. The van der Waals surface area contributed by atoms with Crippen LogP contribution in [0, 0.1) is 5.92 Å². The molecule has 10 heteroatoms. The fourth-order valence-electron chi connectivity index (χ4n) is 4.28. The molecule has 1 aliphatic heterocycles. The molecule has 2 fully saturated rings. The average molecular weight is 462 g/mol. The van der Waals surface area contributed by atoms with Crippen molar-refractivity contribution in [3.8, 4) is 0 Å². The lowest BCUT2D eigenvalue weighted by molar-refractivity contribution is -0.137. The van der Waals surface area contributed by atoms with Crippen molar-refractivity contribution in [2.45, 2.75) is 44.7 Å². The molecule has 0 spiro atoms. The lowest BCUT2D eigenvalue weighted by atomic mass is 9.87. The fraction of sp³-hybridized carbons (Fsp3) is 0.667. The molecule has 1 heterocycles. The van der Waals surface area contributed by atoms with Crippen LogP contribution in [0.5, 0.6) is 0 Å².